The first kappa shape index (κ1) is 13.0. The molecule has 1 aromatic rings. The SMILES string of the molecule is CC(C)n1nccc1NC(=O)CC1COCCN1. The van der Waals surface area contributed by atoms with E-state index < -0.39 is 0 Å². The number of anilines is 1. The zero-order chi connectivity index (χ0) is 13.0. The zero-order valence-corrected chi connectivity index (χ0v) is 10.8. The lowest BCUT2D eigenvalue weighted by molar-refractivity contribution is -0.117. The first-order valence-electron chi connectivity index (χ1n) is 6.31. The van der Waals surface area contributed by atoms with Gasteiger partial charge in [-0.1, -0.05) is 0 Å². The lowest BCUT2D eigenvalue weighted by atomic mass is 10.2. The van der Waals surface area contributed by atoms with Crippen LogP contribution in [0.3, 0.4) is 0 Å². The van der Waals surface area contributed by atoms with Gasteiger partial charge in [-0.15, -0.1) is 0 Å². The number of nitrogens with zero attached hydrogens (tertiary/aromatic N) is 2. The lowest BCUT2D eigenvalue weighted by Crippen LogP contribution is -2.43. The van der Waals surface area contributed by atoms with Crippen LogP contribution in [0.25, 0.3) is 0 Å². The summed E-state index contributed by atoms with van der Waals surface area (Å²) in [6.07, 6.45) is 2.11. The molecule has 1 amide bonds. The standard InChI is InChI=1S/C12H20N4O2/c1-9(2)16-11(3-4-14-16)15-12(17)7-10-8-18-6-5-13-10/h3-4,9-10,13H,5-8H2,1-2H3,(H,15,17). The van der Waals surface area contributed by atoms with E-state index in [1.54, 1.807) is 10.9 Å². The minimum absolute atomic E-state index is 0.0135. The molecule has 1 atom stereocenters. The average Bonchev–Trinajstić information content (AvgIpc) is 2.78. The molecule has 1 fully saturated rings. The minimum Gasteiger partial charge on any atom is -0.378 e. The fourth-order valence-corrected chi connectivity index (χ4v) is 1.99. The van der Waals surface area contributed by atoms with E-state index in [-0.39, 0.29) is 18.0 Å². The van der Waals surface area contributed by atoms with Crippen LogP contribution in [0.15, 0.2) is 12.3 Å². The molecule has 6 heteroatoms. The van der Waals surface area contributed by atoms with Crippen LogP contribution in [-0.4, -0.2) is 41.5 Å². The molecule has 2 heterocycles. The Bertz CT molecular complexity index is 397. The summed E-state index contributed by atoms with van der Waals surface area (Å²) < 4.78 is 7.11. The van der Waals surface area contributed by atoms with E-state index in [4.69, 9.17) is 4.74 Å². The third kappa shape index (κ3) is 3.30. The van der Waals surface area contributed by atoms with Crippen LogP contribution in [0.5, 0.6) is 0 Å². The summed E-state index contributed by atoms with van der Waals surface area (Å²) in [6, 6.07) is 2.14. The second-order valence-electron chi connectivity index (χ2n) is 4.73. The highest BCUT2D eigenvalue weighted by Gasteiger charge is 2.18. The van der Waals surface area contributed by atoms with Crippen molar-refractivity contribution < 1.29 is 9.53 Å². The zero-order valence-electron chi connectivity index (χ0n) is 10.8. The molecule has 0 bridgehead atoms. The number of hydrogen-bond acceptors (Lipinski definition) is 4. The second-order valence-corrected chi connectivity index (χ2v) is 4.73. The minimum atomic E-state index is -0.0135. The normalized spacial score (nSPS) is 20.1. The number of aromatic nitrogens is 2. The van der Waals surface area contributed by atoms with Gasteiger partial charge in [-0.05, 0) is 13.8 Å². The summed E-state index contributed by atoms with van der Waals surface area (Å²) in [5.74, 6) is 0.729. The lowest BCUT2D eigenvalue weighted by Gasteiger charge is -2.23. The van der Waals surface area contributed by atoms with E-state index in [2.05, 4.69) is 15.7 Å². The van der Waals surface area contributed by atoms with Crippen LogP contribution >= 0.6 is 0 Å². The number of morpholine rings is 1. The molecule has 1 saturated heterocycles. The van der Waals surface area contributed by atoms with E-state index in [0.717, 1.165) is 19.0 Å². The molecule has 0 aliphatic carbocycles. The number of hydrogen-bond donors (Lipinski definition) is 2. The van der Waals surface area contributed by atoms with Crippen molar-refractivity contribution in [2.45, 2.75) is 32.4 Å². The summed E-state index contributed by atoms with van der Waals surface area (Å²) in [6.45, 7) is 6.18. The highest BCUT2D eigenvalue weighted by Crippen LogP contribution is 2.13. The molecule has 0 saturated carbocycles. The average molecular weight is 252 g/mol. The van der Waals surface area contributed by atoms with E-state index in [1.165, 1.54) is 0 Å². The van der Waals surface area contributed by atoms with E-state index >= 15 is 0 Å². The molecule has 100 valence electrons. The van der Waals surface area contributed by atoms with Gasteiger partial charge in [0.15, 0.2) is 0 Å². The third-order valence-electron chi connectivity index (χ3n) is 2.86. The first-order valence-corrected chi connectivity index (χ1v) is 6.31. The van der Waals surface area contributed by atoms with Gasteiger partial charge < -0.3 is 15.4 Å². The topological polar surface area (TPSA) is 68.2 Å². The van der Waals surface area contributed by atoms with E-state index in [1.807, 2.05) is 19.9 Å². The Hall–Kier alpha value is -1.40. The quantitative estimate of drug-likeness (QED) is 0.831. The number of nitrogens with one attached hydrogen (secondary N) is 2. The van der Waals surface area contributed by atoms with Crippen LogP contribution in [-0.2, 0) is 9.53 Å². The molecule has 1 unspecified atom stereocenters. The largest absolute Gasteiger partial charge is 0.378 e. The van der Waals surface area contributed by atoms with Crippen molar-refractivity contribution >= 4 is 11.7 Å². The maximum atomic E-state index is 11.9. The maximum absolute atomic E-state index is 11.9. The van der Waals surface area contributed by atoms with Gasteiger partial charge in [0.2, 0.25) is 5.91 Å². The molecular weight excluding hydrogens is 232 g/mol. The number of carbonyl (C=O) groups is 1. The molecular formula is C12H20N4O2. The summed E-state index contributed by atoms with van der Waals surface area (Å²) in [5.41, 5.74) is 0. The van der Waals surface area contributed by atoms with Crippen molar-refractivity contribution in [3.63, 3.8) is 0 Å². The molecule has 0 radical (unpaired) electrons. The Morgan fingerprint density at radius 2 is 2.56 bits per heavy atom. The fourth-order valence-electron chi connectivity index (χ4n) is 1.99. The first-order chi connectivity index (χ1) is 8.66. The monoisotopic (exact) mass is 252 g/mol. The molecule has 0 spiro atoms. The van der Waals surface area contributed by atoms with Crippen molar-refractivity contribution in [3.8, 4) is 0 Å². The van der Waals surface area contributed by atoms with Gasteiger partial charge in [0, 0.05) is 31.1 Å². The Morgan fingerprint density at radius 1 is 1.72 bits per heavy atom. The highest BCUT2D eigenvalue weighted by atomic mass is 16.5. The van der Waals surface area contributed by atoms with Crippen LogP contribution < -0.4 is 10.6 Å². The smallest absolute Gasteiger partial charge is 0.227 e. The molecule has 6 nitrogen and oxygen atoms in total. The Morgan fingerprint density at radius 3 is 3.22 bits per heavy atom. The van der Waals surface area contributed by atoms with Crippen molar-refractivity contribution in [2.24, 2.45) is 0 Å². The number of carbonyl (C=O) groups excluding carboxylic acids is 1. The molecule has 1 aromatic heterocycles. The summed E-state index contributed by atoms with van der Waals surface area (Å²) in [7, 11) is 0. The van der Waals surface area contributed by atoms with Gasteiger partial charge in [0.05, 0.1) is 19.4 Å². The Labute approximate surface area is 107 Å². The summed E-state index contributed by atoms with van der Waals surface area (Å²) in [4.78, 5) is 11.9. The van der Waals surface area contributed by atoms with Crippen molar-refractivity contribution in [3.05, 3.63) is 12.3 Å². The maximum Gasteiger partial charge on any atom is 0.227 e. The van der Waals surface area contributed by atoms with Crippen molar-refractivity contribution in [1.29, 1.82) is 0 Å². The predicted molar refractivity (Wildman–Crippen MR) is 68.5 cm³/mol. The molecule has 1 aliphatic heterocycles. The third-order valence-corrected chi connectivity index (χ3v) is 2.86. The number of amides is 1. The van der Waals surface area contributed by atoms with Gasteiger partial charge in [-0.2, -0.15) is 5.10 Å². The molecule has 18 heavy (non-hydrogen) atoms. The fraction of sp³-hybridized carbons (Fsp3) is 0.667. The predicted octanol–water partition coefficient (Wildman–Crippen LogP) is 0.781. The van der Waals surface area contributed by atoms with Crippen molar-refractivity contribution in [1.82, 2.24) is 15.1 Å². The van der Waals surface area contributed by atoms with Gasteiger partial charge in [-0.25, -0.2) is 4.68 Å². The van der Waals surface area contributed by atoms with Crippen LogP contribution in [0, 0.1) is 0 Å². The summed E-state index contributed by atoms with van der Waals surface area (Å²) >= 11 is 0. The van der Waals surface area contributed by atoms with Gasteiger partial charge >= 0.3 is 0 Å². The highest BCUT2D eigenvalue weighted by molar-refractivity contribution is 5.90. The van der Waals surface area contributed by atoms with Crippen LogP contribution in [0.1, 0.15) is 26.3 Å². The second kappa shape index (κ2) is 5.97. The van der Waals surface area contributed by atoms with Crippen LogP contribution in [0.4, 0.5) is 5.82 Å². The Balaban J connectivity index is 1.88. The molecule has 2 rings (SSSR count). The van der Waals surface area contributed by atoms with Crippen LogP contribution in [0.2, 0.25) is 0 Å². The van der Waals surface area contributed by atoms with Gasteiger partial charge in [-0.3, -0.25) is 4.79 Å². The Kier molecular flexibility index (Phi) is 4.33. The molecule has 2 N–H and O–H groups in total. The van der Waals surface area contributed by atoms with Gasteiger partial charge in [0.25, 0.3) is 0 Å². The van der Waals surface area contributed by atoms with Gasteiger partial charge in [0.1, 0.15) is 5.82 Å². The molecule has 1 aliphatic rings. The van der Waals surface area contributed by atoms with Crippen molar-refractivity contribution in [2.75, 3.05) is 25.1 Å². The number of rotatable bonds is 4. The molecule has 0 aromatic carbocycles. The van der Waals surface area contributed by atoms with E-state index in [0.29, 0.717) is 13.0 Å². The van der Waals surface area contributed by atoms with E-state index in [9.17, 15) is 4.79 Å². The summed E-state index contributed by atoms with van der Waals surface area (Å²) in [5, 5.41) is 10.3. The number of ether oxygens (including phenoxy) is 1.